The Balaban J connectivity index is 2.28. The van der Waals surface area contributed by atoms with Gasteiger partial charge in [-0.3, -0.25) is 4.57 Å². The Morgan fingerprint density at radius 1 is 1.04 bits per heavy atom. The minimum absolute atomic E-state index is 0.416. The fourth-order valence-corrected chi connectivity index (χ4v) is 3.39. The van der Waals surface area contributed by atoms with E-state index < -0.39 is 0 Å². The van der Waals surface area contributed by atoms with Crippen LogP contribution in [0.5, 0.6) is 5.75 Å². The molecule has 0 spiro atoms. The zero-order valence-electron chi connectivity index (χ0n) is 13.6. The zero-order valence-corrected chi connectivity index (χ0v) is 16.7. The van der Waals surface area contributed by atoms with Crippen LogP contribution in [-0.4, -0.2) is 22.8 Å². The fourth-order valence-electron chi connectivity index (χ4n) is 2.65. The molecular formula is C18H18Br2N2O2. The van der Waals surface area contributed by atoms with Gasteiger partial charge in [0.1, 0.15) is 27.5 Å². The van der Waals surface area contributed by atoms with E-state index in [1.807, 2.05) is 36.6 Å². The van der Waals surface area contributed by atoms with E-state index in [9.17, 15) is 0 Å². The van der Waals surface area contributed by atoms with Crippen LogP contribution < -0.4 is 4.74 Å². The molecule has 0 saturated heterocycles. The van der Waals surface area contributed by atoms with Crippen molar-refractivity contribution < 1.29 is 9.47 Å². The molecule has 24 heavy (non-hydrogen) atoms. The Morgan fingerprint density at radius 2 is 1.83 bits per heavy atom. The second-order valence-corrected chi connectivity index (χ2v) is 6.66. The molecule has 1 heterocycles. The highest BCUT2D eigenvalue weighted by molar-refractivity contribution is 9.13. The van der Waals surface area contributed by atoms with Gasteiger partial charge in [0.15, 0.2) is 0 Å². The van der Waals surface area contributed by atoms with E-state index in [1.54, 1.807) is 0 Å². The van der Waals surface area contributed by atoms with Crippen LogP contribution >= 0.6 is 31.9 Å². The van der Waals surface area contributed by atoms with Gasteiger partial charge >= 0.3 is 0 Å². The second-order valence-electron chi connectivity index (χ2n) is 5.16. The summed E-state index contributed by atoms with van der Waals surface area (Å²) in [4.78, 5) is 4.70. The van der Waals surface area contributed by atoms with Gasteiger partial charge in [0.05, 0.1) is 12.2 Å². The molecule has 0 bridgehead atoms. The van der Waals surface area contributed by atoms with Crippen LogP contribution in [0.25, 0.3) is 22.2 Å². The molecule has 0 unspecified atom stereocenters. The van der Waals surface area contributed by atoms with Crippen LogP contribution in [-0.2, 0) is 11.5 Å². The van der Waals surface area contributed by atoms with Gasteiger partial charge in [0.25, 0.3) is 0 Å². The molecule has 0 aliphatic rings. The van der Waals surface area contributed by atoms with Crippen molar-refractivity contribution in [2.24, 2.45) is 0 Å². The van der Waals surface area contributed by atoms with Crippen molar-refractivity contribution in [1.82, 2.24) is 9.55 Å². The van der Waals surface area contributed by atoms with E-state index in [-0.39, 0.29) is 0 Å². The summed E-state index contributed by atoms with van der Waals surface area (Å²) in [6.45, 7) is 5.61. The molecule has 6 heteroatoms. The Morgan fingerprint density at radius 3 is 2.58 bits per heavy atom. The van der Waals surface area contributed by atoms with Crippen LogP contribution in [0.1, 0.15) is 13.8 Å². The second kappa shape index (κ2) is 7.68. The number of benzene rings is 2. The van der Waals surface area contributed by atoms with Crippen LogP contribution in [0.2, 0.25) is 0 Å². The van der Waals surface area contributed by atoms with Crippen LogP contribution in [0.4, 0.5) is 0 Å². The average molecular weight is 454 g/mol. The molecule has 4 nitrogen and oxygen atoms in total. The topological polar surface area (TPSA) is 36.3 Å². The lowest BCUT2D eigenvalue weighted by Crippen LogP contribution is -2.06. The lowest BCUT2D eigenvalue weighted by Gasteiger charge is -2.15. The predicted molar refractivity (Wildman–Crippen MR) is 103 cm³/mol. The number of hydrogen-bond acceptors (Lipinski definition) is 3. The molecule has 0 radical (unpaired) electrons. The first-order valence-corrected chi connectivity index (χ1v) is 9.40. The highest BCUT2D eigenvalue weighted by Crippen LogP contribution is 2.39. The maximum Gasteiger partial charge on any atom is 0.148 e. The van der Waals surface area contributed by atoms with E-state index in [4.69, 9.17) is 14.5 Å². The summed E-state index contributed by atoms with van der Waals surface area (Å²) in [5.41, 5.74) is 0.973. The Bertz CT molecular complexity index is 862. The van der Waals surface area contributed by atoms with E-state index in [2.05, 4.69) is 50.1 Å². The Hall–Kier alpha value is -1.37. The molecule has 3 aromatic rings. The van der Waals surface area contributed by atoms with Crippen molar-refractivity contribution in [2.75, 3.05) is 13.2 Å². The minimum Gasteiger partial charge on any atom is -0.493 e. The molecule has 0 fully saturated rings. The lowest BCUT2D eigenvalue weighted by molar-refractivity contribution is 0.0874. The van der Waals surface area contributed by atoms with Crippen molar-refractivity contribution in [2.45, 2.75) is 20.6 Å². The van der Waals surface area contributed by atoms with Crippen molar-refractivity contribution in [3.8, 4) is 17.1 Å². The Labute approximate surface area is 158 Å². The normalized spacial score (nSPS) is 11.2. The summed E-state index contributed by atoms with van der Waals surface area (Å²) >= 11 is 7.10. The molecule has 3 rings (SSSR count). The molecule has 0 N–H and O–H groups in total. The fraction of sp³-hybridized carbons (Fsp3) is 0.278. The van der Waals surface area contributed by atoms with E-state index in [1.165, 1.54) is 0 Å². The van der Waals surface area contributed by atoms with Crippen LogP contribution in [0.15, 0.2) is 45.6 Å². The maximum atomic E-state index is 5.88. The maximum absolute atomic E-state index is 5.88. The lowest BCUT2D eigenvalue weighted by atomic mass is 10.0. The van der Waals surface area contributed by atoms with Gasteiger partial charge in [0.2, 0.25) is 0 Å². The smallest absolute Gasteiger partial charge is 0.148 e. The molecule has 1 aromatic heterocycles. The summed E-state index contributed by atoms with van der Waals surface area (Å²) < 4.78 is 15.1. The summed E-state index contributed by atoms with van der Waals surface area (Å²) in [6.07, 6.45) is 0. The molecule has 0 aliphatic heterocycles. The quantitative estimate of drug-likeness (QED) is 0.485. The van der Waals surface area contributed by atoms with Crippen LogP contribution in [0.3, 0.4) is 0 Å². The minimum atomic E-state index is 0.416. The summed E-state index contributed by atoms with van der Waals surface area (Å²) in [5.74, 6) is 1.63. The van der Waals surface area contributed by atoms with Gasteiger partial charge in [0, 0.05) is 6.61 Å². The number of halogens is 2. The largest absolute Gasteiger partial charge is 0.493 e. The van der Waals surface area contributed by atoms with Crippen molar-refractivity contribution >= 4 is 42.6 Å². The Kier molecular flexibility index (Phi) is 5.58. The highest BCUT2D eigenvalue weighted by Gasteiger charge is 2.20. The zero-order chi connectivity index (χ0) is 17.1. The van der Waals surface area contributed by atoms with E-state index in [0.29, 0.717) is 19.9 Å². The summed E-state index contributed by atoms with van der Waals surface area (Å²) in [5, 5.41) is 2.25. The van der Waals surface area contributed by atoms with Crippen molar-refractivity contribution in [3.05, 3.63) is 45.6 Å². The standard InChI is InChI=1S/C18H18Br2N2O2/c1-3-23-11-22-17(20)16(19)21-18(22)15-13-8-6-5-7-12(13)9-10-14(15)24-4-2/h5-10H,3-4,11H2,1-2H3. The third-order valence-corrected chi connectivity index (χ3v) is 5.59. The first-order chi connectivity index (χ1) is 11.7. The van der Waals surface area contributed by atoms with Crippen molar-refractivity contribution in [3.63, 3.8) is 0 Å². The molecular weight excluding hydrogens is 436 g/mol. The first-order valence-electron chi connectivity index (χ1n) is 7.81. The first kappa shape index (κ1) is 17.5. The van der Waals surface area contributed by atoms with Crippen molar-refractivity contribution in [1.29, 1.82) is 0 Å². The highest BCUT2D eigenvalue weighted by atomic mass is 79.9. The molecule has 0 aliphatic carbocycles. The van der Waals surface area contributed by atoms with Gasteiger partial charge in [-0.15, -0.1) is 0 Å². The molecule has 2 aromatic carbocycles. The van der Waals surface area contributed by atoms with Gasteiger partial charge in [-0.1, -0.05) is 30.3 Å². The van der Waals surface area contributed by atoms with E-state index >= 15 is 0 Å². The number of hydrogen-bond donors (Lipinski definition) is 0. The monoisotopic (exact) mass is 452 g/mol. The molecule has 0 amide bonds. The third-order valence-electron chi connectivity index (χ3n) is 3.71. The summed E-state index contributed by atoms with van der Waals surface area (Å²) in [7, 11) is 0. The number of fused-ring (bicyclic) bond motifs is 1. The number of imidazole rings is 1. The van der Waals surface area contributed by atoms with Gasteiger partial charge in [-0.25, -0.2) is 4.98 Å². The van der Waals surface area contributed by atoms with Gasteiger partial charge in [-0.05, 0) is 62.5 Å². The number of nitrogens with zero attached hydrogens (tertiary/aromatic N) is 2. The number of rotatable bonds is 6. The average Bonchev–Trinajstić information content (AvgIpc) is 2.87. The molecule has 0 saturated carbocycles. The van der Waals surface area contributed by atoms with Crippen LogP contribution in [0, 0.1) is 0 Å². The predicted octanol–water partition coefficient (Wildman–Crippen LogP) is 5.62. The van der Waals surface area contributed by atoms with E-state index in [0.717, 1.165) is 37.1 Å². The SMILES string of the molecule is CCOCn1c(-c2c(OCC)ccc3ccccc23)nc(Br)c1Br. The molecule has 126 valence electrons. The third kappa shape index (κ3) is 3.23. The number of ether oxygens (including phenoxy) is 2. The molecule has 0 atom stereocenters. The summed E-state index contributed by atoms with van der Waals surface area (Å²) in [6, 6.07) is 12.3. The van der Waals surface area contributed by atoms with Gasteiger partial charge in [-0.2, -0.15) is 0 Å². The van der Waals surface area contributed by atoms with Gasteiger partial charge < -0.3 is 9.47 Å². The number of aromatic nitrogens is 2.